The number of nitriles is 1. The zero-order valence-electron chi connectivity index (χ0n) is 27.6. The standard InChI is InChI=1S/C36H39F3N8O2/c1-3-45(4-2)21-36(14-5-6-15-36)18-23(19-40)35(48)46-16-8-9-24(46)20-47-34-30(33(41)42-22-43-34)32(44-47)26-13-12-25(17-28(26)38)49-29-11-7-10-27(37)31(29)39/h7,10-13,17-18,22,24H,3-6,8-9,14-16,20-21H2,1-2H3,(H2,41,42,43)/t24-/m0/s1. The number of benzene rings is 2. The average molecular weight is 673 g/mol. The van der Waals surface area contributed by atoms with Gasteiger partial charge in [0.1, 0.15) is 41.0 Å². The molecular weight excluding hydrogens is 633 g/mol. The molecule has 49 heavy (non-hydrogen) atoms. The maximum atomic E-state index is 15.6. The molecule has 0 spiro atoms. The zero-order valence-corrected chi connectivity index (χ0v) is 27.6. The molecule has 1 aliphatic carbocycles. The van der Waals surface area contributed by atoms with Crippen molar-refractivity contribution in [1.82, 2.24) is 29.5 Å². The molecule has 2 N–H and O–H groups in total. The second-order valence-corrected chi connectivity index (χ2v) is 12.8. The van der Waals surface area contributed by atoms with Gasteiger partial charge in [-0.2, -0.15) is 14.8 Å². The number of nitrogens with zero attached hydrogens (tertiary/aromatic N) is 7. The smallest absolute Gasteiger partial charge is 0.264 e. The molecule has 1 saturated heterocycles. The van der Waals surface area contributed by atoms with Gasteiger partial charge in [0.05, 0.1) is 18.0 Å². The van der Waals surface area contributed by atoms with Gasteiger partial charge >= 0.3 is 0 Å². The number of ether oxygens (including phenoxy) is 1. The van der Waals surface area contributed by atoms with Crippen LogP contribution in [0.2, 0.25) is 0 Å². The van der Waals surface area contributed by atoms with Crippen molar-refractivity contribution in [2.45, 2.75) is 65.0 Å². The highest BCUT2D eigenvalue weighted by atomic mass is 19.2. The van der Waals surface area contributed by atoms with Crippen molar-refractivity contribution in [2.75, 3.05) is 31.9 Å². The van der Waals surface area contributed by atoms with Crippen LogP contribution < -0.4 is 10.5 Å². The van der Waals surface area contributed by atoms with E-state index in [0.717, 1.165) is 63.9 Å². The number of aromatic nitrogens is 4. The molecule has 0 unspecified atom stereocenters. The lowest BCUT2D eigenvalue weighted by Gasteiger charge is -2.33. The lowest BCUT2D eigenvalue weighted by molar-refractivity contribution is -0.127. The third-order valence-electron chi connectivity index (χ3n) is 9.75. The van der Waals surface area contributed by atoms with E-state index in [2.05, 4.69) is 34.8 Å². The Labute approximate surface area is 283 Å². The van der Waals surface area contributed by atoms with Crippen LogP contribution in [0.3, 0.4) is 0 Å². The minimum atomic E-state index is -1.18. The summed E-state index contributed by atoms with van der Waals surface area (Å²) >= 11 is 0. The van der Waals surface area contributed by atoms with Crippen LogP contribution >= 0.6 is 0 Å². The topological polar surface area (TPSA) is 126 Å². The summed E-state index contributed by atoms with van der Waals surface area (Å²) in [7, 11) is 0. The number of nitrogens with two attached hydrogens (primary N) is 1. The normalized spacial score (nSPS) is 17.6. The fourth-order valence-corrected chi connectivity index (χ4v) is 7.20. The van der Waals surface area contributed by atoms with E-state index in [0.29, 0.717) is 24.0 Å². The summed E-state index contributed by atoms with van der Waals surface area (Å²) in [4.78, 5) is 26.6. The third kappa shape index (κ3) is 6.83. The Hall–Kier alpha value is -4.96. The number of carbonyl (C=O) groups is 1. The summed E-state index contributed by atoms with van der Waals surface area (Å²) in [5.74, 6) is -3.64. The summed E-state index contributed by atoms with van der Waals surface area (Å²) in [6.45, 7) is 7.61. The van der Waals surface area contributed by atoms with Gasteiger partial charge in [-0.15, -0.1) is 0 Å². The van der Waals surface area contributed by atoms with Gasteiger partial charge in [0.25, 0.3) is 5.91 Å². The van der Waals surface area contributed by atoms with Crippen LogP contribution in [-0.2, 0) is 11.3 Å². The number of anilines is 1. The van der Waals surface area contributed by atoms with Crippen molar-refractivity contribution in [2.24, 2.45) is 5.41 Å². The van der Waals surface area contributed by atoms with E-state index >= 15 is 4.39 Å². The quantitative estimate of drug-likeness (QED) is 0.139. The van der Waals surface area contributed by atoms with Gasteiger partial charge in [-0.3, -0.25) is 4.79 Å². The Kier molecular flexibility index (Phi) is 9.87. The molecule has 10 nitrogen and oxygen atoms in total. The molecule has 6 rings (SSSR count). The molecule has 0 bridgehead atoms. The molecule has 0 radical (unpaired) electrons. The highest BCUT2D eigenvalue weighted by molar-refractivity contribution is 5.99. The summed E-state index contributed by atoms with van der Waals surface area (Å²) < 4.78 is 50.5. The predicted octanol–water partition coefficient (Wildman–Crippen LogP) is 6.63. The van der Waals surface area contributed by atoms with Crippen LogP contribution in [0.25, 0.3) is 22.3 Å². The molecule has 2 aliphatic rings. The van der Waals surface area contributed by atoms with Gasteiger partial charge in [-0.05, 0) is 63.0 Å². The van der Waals surface area contributed by atoms with Crippen molar-refractivity contribution in [1.29, 1.82) is 5.26 Å². The summed E-state index contributed by atoms with van der Waals surface area (Å²) in [6.07, 6.45) is 8.70. The van der Waals surface area contributed by atoms with Crippen molar-refractivity contribution in [3.8, 4) is 28.8 Å². The second-order valence-electron chi connectivity index (χ2n) is 12.8. The van der Waals surface area contributed by atoms with Crippen molar-refractivity contribution >= 4 is 22.8 Å². The third-order valence-corrected chi connectivity index (χ3v) is 9.75. The number of hydrogen-bond donors (Lipinski definition) is 1. The van der Waals surface area contributed by atoms with Gasteiger partial charge in [0.15, 0.2) is 17.2 Å². The molecule has 1 amide bonds. The molecule has 4 aromatic rings. The average Bonchev–Trinajstić information content (AvgIpc) is 3.85. The van der Waals surface area contributed by atoms with Gasteiger partial charge < -0.3 is 20.3 Å². The van der Waals surface area contributed by atoms with E-state index in [1.54, 1.807) is 9.58 Å². The number of halogens is 3. The lowest BCUT2D eigenvalue weighted by Crippen LogP contribution is -2.40. The van der Waals surface area contributed by atoms with E-state index in [4.69, 9.17) is 15.6 Å². The van der Waals surface area contributed by atoms with E-state index in [-0.39, 0.29) is 58.1 Å². The first-order chi connectivity index (χ1) is 23.7. The van der Waals surface area contributed by atoms with Crippen molar-refractivity contribution < 1.29 is 22.7 Å². The number of amides is 1. The van der Waals surface area contributed by atoms with Crippen LogP contribution in [0, 0.1) is 34.2 Å². The molecule has 2 aromatic heterocycles. The fraction of sp³-hybridized carbons (Fsp3) is 0.417. The predicted molar refractivity (Wildman–Crippen MR) is 179 cm³/mol. The number of carbonyl (C=O) groups excluding carboxylic acids is 1. The van der Waals surface area contributed by atoms with E-state index in [1.807, 2.05) is 6.08 Å². The minimum Gasteiger partial charge on any atom is -0.454 e. The van der Waals surface area contributed by atoms with E-state index in [1.165, 1.54) is 30.6 Å². The van der Waals surface area contributed by atoms with E-state index in [9.17, 15) is 18.8 Å². The summed E-state index contributed by atoms with van der Waals surface area (Å²) in [5.41, 5.74) is 6.84. The van der Waals surface area contributed by atoms with Crippen LogP contribution in [0.4, 0.5) is 19.0 Å². The number of nitrogen functional groups attached to an aromatic ring is 1. The second kappa shape index (κ2) is 14.3. The van der Waals surface area contributed by atoms with Crippen LogP contribution in [-0.4, -0.2) is 67.7 Å². The molecule has 13 heteroatoms. The number of rotatable bonds is 11. The molecule has 2 aromatic carbocycles. The minimum absolute atomic E-state index is 0.0448. The molecule has 2 fully saturated rings. The Morgan fingerprint density at radius 3 is 2.61 bits per heavy atom. The zero-order chi connectivity index (χ0) is 34.7. The van der Waals surface area contributed by atoms with Crippen molar-refractivity contribution in [3.05, 3.63) is 71.8 Å². The SMILES string of the molecule is CCN(CC)CC1(C=C(C#N)C(=O)N2CCC[C@H]2Cn2nc(-c3ccc(Oc4cccc(F)c4F)cc3F)c3c(N)ncnc32)CCCC1. The number of likely N-dealkylation sites (tertiary alicyclic amines) is 1. The van der Waals surface area contributed by atoms with Gasteiger partial charge in [-0.25, -0.2) is 23.4 Å². The largest absolute Gasteiger partial charge is 0.454 e. The first-order valence-corrected chi connectivity index (χ1v) is 16.7. The van der Waals surface area contributed by atoms with Crippen molar-refractivity contribution in [3.63, 3.8) is 0 Å². The molecule has 256 valence electrons. The van der Waals surface area contributed by atoms with Gasteiger partial charge in [-0.1, -0.05) is 38.8 Å². The molecule has 1 saturated carbocycles. The van der Waals surface area contributed by atoms with Gasteiger partial charge in [0.2, 0.25) is 5.82 Å². The highest BCUT2D eigenvalue weighted by Crippen LogP contribution is 2.42. The van der Waals surface area contributed by atoms with Crippen LogP contribution in [0.15, 0.2) is 54.4 Å². The monoisotopic (exact) mass is 672 g/mol. The maximum Gasteiger partial charge on any atom is 0.264 e. The summed E-state index contributed by atoms with van der Waals surface area (Å²) in [6, 6.07) is 9.29. The van der Waals surface area contributed by atoms with Crippen LogP contribution in [0.1, 0.15) is 52.4 Å². The fourth-order valence-electron chi connectivity index (χ4n) is 7.20. The Morgan fingerprint density at radius 2 is 1.90 bits per heavy atom. The number of fused-ring (bicyclic) bond motifs is 1. The molecular formula is C36H39F3N8O2. The Morgan fingerprint density at radius 1 is 1.12 bits per heavy atom. The first-order valence-electron chi connectivity index (χ1n) is 16.7. The first kappa shape index (κ1) is 33.9. The molecule has 3 heterocycles. The Bertz CT molecular complexity index is 1930. The lowest BCUT2D eigenvalue weighted by atomic mass is 9.83. The maximum absolute atomic E-state index is 15.6. The summed E-state index contributed by atoms with van der Waals surface area (Å²) in [5, 5.41) is 15.2. The Balaban J connectivity index is 1.28. The highest BCUT2D eigenvalue weighted by Gasteiger charge is 2.37. The van der Waals surface area contributed by atoms with E-state index < -0.39 is 17.5 Å². The number of hydrogen-bond acceptors (Lipinski definition) is 8. The van der Waals surface area contributed by atoms with Gasteiger partial charge in [0, 0.05) is 30.1 Å². The molecule has 1 aliphatic heterocycles. The van der Waals surface area contributed by atoms with Crippen LogP contribution in [0.5, 0.6) is 11.5 Å². The molecule has 1 atom stereocenters.